The first kappa shape index (κ1) is 19.1. The topological polar surface area (TPSA) is 113 Å². The Morgan fingerprint density at radius 3 is 2.58 bits per heavy atom. The number of nitrogens with zero attached hydrogens (tertiary/aromatic N) is 1. The molecule has 2 aromatic rings. The molecule has 1 amide bonds. The summed E-state index contributed by atoms with van der Waals surface area (Å²) in [5, 5.41) is 11.3. The normalized spacial score (nSPS) is 10.6. The fourth-order valence-electron chi connectivity index (χ4n) is 2.13. The number of esters is 1. The van der Waals surface area contributed by atoms with Gasteiger partial charge in [0, 0.05) is 5.69 Å². The number of carbonyl (C=O) groups is 2. The number of benzene rings is 2. The molecule has 1 N–H and O–H groups in total. The molecule has 0 spiro atoms. The lowest BCUT2D eigenvalue weighted by Crippen LogP contribution is -2.22. The van der Waals surface area contributed by atoms with Crippen LogP contribution in [0.1, 0.15) is 22.8 Å². The largest absolute Gasteiger partial charge is 0.452 e. The number of sulfone groups is 1. The summed E-state index contributed by atoms with van der Waals surface area (Å²) in [4.78, 5) is 23.9. The van der Waals surface area contributed by atoms with Gasteiger partial charge in [-0.25, -0.2) is 13.2 Å². The number of hydrogen-bond donors (Lipinski definition) is 1. The van der Waals surface area contributed by atoms with E-state index in [4.69, 9.17) is 10.00 Å². The fraction of sp³-hybridized carbons (Fsp3) is 0.167. The lowest BCUT2D eigenvalue weighted by atomic mass is 10.2. The molecule has 8 heteroatoms. The van der Waals surface area contributed by atoms with E-state index in [9.17, 15) is 18.0 Å². The predicted octanol–water partition coefficient (Wildman–Crippen LogP) is 2.15. The monoisotopic (exact) mass is 372 g/mol. The molecule has 0 bridgehead atoms. The first-order valence-corrected chi connectivity index (χ1v) is 9.31. The molecule has 0 atom stereocenters. The molecule has 134 valence electrons. The van der Waals surface area contributed by atoms with Gasteiger partial charge < -0.3 is 10.1 Å². The summed E-state index contributed by atoms with van der Waals surface area (Å²) in [5.74, 6) is -1.67. The van der Waals surface area contributed by atoms with Crippen LogP contribution in [0.4, 0.5) is 5.69 Å². The Labute approximate surface area is 151 Å². The summed E-state index contributed by atoms with van der Waals surface area (Å²) in [5.41, 5.74) is 0.645. The number of ether oxygens (including phenoxy) is 1. The van der Waals surface area contributed by atoms with Gasteiger partial charge in [-0.15, -0.1) is 0 Å². The van der Waals surface area contributed by atoms with Crippen LogP contribution in [0.2, 0.25) is 0 Å². The number of amides is 1. The minimum atomic E-state index is -3.60. The van der Waals surface area contributed by atoms with Crippen LogP contribution in [0.25, 0.3) is 0 Å². The van der Waals surface area contributed by atoms with Crippen LogP contribution in [0, 0.1) is 11.3 Å². The van der Waals surface area contributed by atoms with E-state index < -0.39 is 28.3 Å². The predicted molar refractivity (Wildman–Crippen MR) is 94.2 cm³/mol. The van der Waals surface area contributed by atoms with E-state index in [2.05, 4.69) is 5.32 Å². The van der Waals surface area contributed by atoms with Gasteiger partial charge in [0.15, 0.2) is 16.4 Å². The number of hydrogen-bond acceptors (Lipinski definition) is 6. The van der Waals surface area contributed by atoms with Gasteiger partial charge in [0.2, 0.25) is 0 Å². The van der Waals surface area contributed by atoms with E-state index in [1.165, 1.54) is 37.3 Å². The molecule has 2 aromatic carbocycles. The molecule has 0 saturated carbocycles. The van der Waals surface area contributed by atoms with Crippen molar-refractivity contribution in [3.8, 4) is 6.07 Å². The van der Waals surface area contributed by atoms with E-state index >= 15 is 0 Å². The Kier molecular flexibility index (Phi) is 6.09. The Bertz CT molecular complexity index is 977. The van der Waals surface area contributed by atoms with Gasteiger partial charge in [0.1, 0.15) is 0 Å². The van der Waals surface area contributed by atoms with Crippen molar-refractivity contribution in [2.75, 3.05) is 17.7 Å². The Morgan fingerprint density at radius 2 is 1.88 bits per heavy atom. The highest BCUT2D eigenvalue weighted by atomic mass is 32.2. The fourth-order valence-corrected chi connectivity index (χ4v) is 3.22. The smallest absolute Gasteiger partial charge is 0.339 e. The Morgan fingerprint density at radius 1 is 1.15 bits per heavy atom. The molecule has 0 radical (unpaired) electrons. The van der Waals surface area contributed by atoms with Crippen molar-refractivity contribution >= 4 is 27.4 Å². The molecule has 26 heavy (non-hydrogen) atoms. The second-order valence-electron chi connectivity index (χ2n) is 5.22. The molecule has 0 fully saturated rings. The lowest BCUT2D eigenvalue weighted by Gasteiger charge is -2.10. The zero-order valence-electron chi connectivity index (χ0n) is 13.9. The first-order valence-electron chi connectivity index (χ1n) is 7.66. The number of carbonyl (C=O) groups excluding carboxylic acids is 2. The van der Waals surface area contributed by atoms with E-state index in [0.29, 0.717) is 11.3 Å². The Balaban J connectivity index is 2.05. The van der Waals surface area contributed by atoms with Crippen LogP contribution >= 0.6 is 0 Å². The quantitative estimate of drug-likeness (QED) is 0.777. The average Bonchev–Trinajstić information content (AvgIpc) is 2.66. The third-order valence-corrected chi connectivity index (χ3v) is 5.22. The molecule has 2 rings (SSSR count). The molecule has 7 nitrogen and oxygen atoms in total. The van der Waals surface area contributed by atoms with Crippen LogP contribution in [0.15, 0.2) is 53.4 Å². The van der Waals surface area contributed by atoms with Crippen LogP contribution in [-0.4, -0.2) is 32.7 Å². The number of rotatable bonds is 6. The van der Waals surface area contributed by atoms with Gasteiger partial charge in [-0.2, -0.15) is 5.26 Å². The highest BCUT2D eigenvalue weighted by Crippen LogP contribution is 2.18. The maximum Gasteiger partial charge on any atom is 0.339 e. The molecule has 0 aromatic heterocycles. The molecule has 0 aliphatic heterocycles. The van der Waals surface area contributed by atoms with E-state index in [1.807, 2.05) is 6.07 Å². The summed E-state index contributed by atoms with van der Waals surface area (Å²) in [7, 11) is -3.60. The standard InChI is InChI=1S/C18H16N2O5S/c1-2-26(23,24)16-9-4-3-8-15(16)18(22)25-12-17(21)20-14-7-5-6-13(10-14)11-19/h3-10H,2,12H2,1H3,(H,20,21). The first-order chi connectivity index (χ1) is 12.4. The summed E-state index contributed by atoms with van der Waals surface area (Å²) in [6.07, 6.45) is 0. The van der Waals surface area contributed by atoms with Gasteiger partial charge >= 0.3 is 5.97 Å². The molecule has 0 aliphatic rings. The van der Waals surface area contributed by atoms with Crippen LogP contribution in [0.3, 0.4) is 0 Å². The van der Waals surface area contributed by atoms with Gasteiger partial charge in [-0.1, -0.05) is 25.1 Å². The van der Waals surface area contributed by atoms with Crippen molar-refractivity contribution in [2.24, 2.45) is 0 Å². The summed E-state index contributed by atoms with van der Waals surface area (Å²) < 4.78 is 29.0. The van der Waals surface area contributed by atoms with Crippen LogP contribution in [0.5, 0.6) is 0 Å². The third-order valence-electron chi connectivity index (χ3n) is 3.43. The number of nitriles is 1. The molecule has 0 aliphatic carbocycles. The second-order valence-corrected chi connectivity index (χ2v) is 7.46. The van der Waals surface area contributed by atoms with Gasteiger partial charge in [-0.05, 0) is 30.3 Å². The van der Waals surface area contributed by atoms with Crippen molar-refractivity contribution in [3.05, 3.63) is 59.7 Å². The van der Waals surface area contributed by atoms with E-state index in [1.54, 1.807) is 18.2 Å². The van der Waals surface area contributed by atoms with Gasteiger partial charge in [0.05, 0.1) is 27.8 Å². The summed E-state index contributed by atoms with van der Waals surface area (Å²) in [6, 6.07) is 13.9. The van der Waals surface area contributed by atoms with Gasteiger partial charge in [-0.3, -0.25) is 4.79 Å². The second kappa shape index (κ2) is 8.27. The highest BCUT2D eigenvalue weighted by molar-refractivity contribution is 7.91. The molecule has 0 heterocycles. The third kappa shape index (κ3) is 4.68. The highest BCUT2D eigenvalue weighted by Gasteiger charge is 2.22. The molecule has 0 unspecified atom stereocenters. The molecular formula is C18H16N2O5S. The van der Waals surface area contributed by atoms with Crippen LogP contribution in [-0.2, 0) is 19.4 Å². The lowest BCUT2D eigenvalue weighted by molar-refractivity contribution is -0.119. The van der Waals surface area contributed by atoms with Crippen molar-refractivity contribution in [1.82, 2.24) is 0 Å². The van der Waals surface area contributed by atoms with Crippen molar-refractivity contribution in [3.63, 3.8) is 0 Å². The van der Waals surface area contributed by atoms with Crippen molar-refractivity contribution in [1.29, 1.82) is 5.26 Å². The zero-order valence-corrected chi connectivity index (χ0v) is 14.7. The number of nitrogens with one attached hydrogen (secondary N) is 1. The van der Waals surface area contributed by atoms with E-state index in [-0.39, 0.29) is 16.2 Å². The van der Waals surface area contributed by atoms with E-state index in [0.717, 1.165) is 0 Å². The van der Waals surface area contributed by atoms with Gasteiger partial charge in [0.25, 0.3) is 5.91 Å². The van der Waals surface area contributed by atoms with Crippen LogP contribution < -0.4 is 5.32 Å². The molecular weight excluding hydrogens is 356 g/mol. The SMILES string of the molecule is CCS(=O)(=O)c1ccccc1C(=O)OCC(=O)Nc1cccc(C#N)c1. The maximum absolute atomic E-state index is 12.2. The molecule has 0 saturated heterocycles. The van der Waals surface area contributed by atoms with Crippen molar-refractivity contribution < 1.29 is 22.7 Å². The Hall–Kier alpha value is -3.18. The van der Waals surface area contributed by atoms with Crippen molar-refractivity contribution in [2.45, 2.75) is 11.8 Å². The summed E-state index contributed by atoms with van der Waals surface area (Å²) in [6.45, 7) is 0.885. The summed E-state index contributed by atoms with van der Waals surface area (Å²) >= 11 is 0. The minimum Gasteiger partial charge on any atom is -0.452 e. The minimum absolute atomic E-state index is 0.117. The zero-order chi connectivity index (χ0) is 19.2. The average molecular weight is 372 g/mol. The maximum atomic E-state index is 12.2. The number of anilines is 1.